The molecule has 1 atom stereocenters. The molecule has 2 aromatic rings. The van der Waals surface area contributed by atoms with Gasteiger partial charge in [-0.1, -0.05) is 11.6 Å². The van der Waals surface area contributed by atoms with Gasteiger partial charge in [-0.05, 0) is 64.3 Å². The van der Waals surface area contributed by atoms with Crippen LogP contribution in [0.25, 0.3) is 11.1 Å². The molecule has 28 heavy (non-hydrogen) atoms. The van der Waals surface area contributed by atoms with Crippen LogP contribution in [-0.4, -0.2) is 35.9 Å². The van der Waals surface area contributed by atoms with E-state index in [1.54, 1.807) is 12.1 Å². The maximum absolute atomic E-state index is 14.0. The Labute approximate surface area is 163 Å². The second-order valence-corrected chi connectivity index (χ2v) is 7.79. The monoisotopic (exact) mass is 387 g/mol. The molecule has 2 aliphatic rings. The van der Waals surface area contributed by atoms with Crippen LogP contribution < -0.4 is 15.4 Å². The summed E-state index contributed by atoms with van der Waals surface area (Å²) in [7, 11) is 0. The largest absolute Gasteiger partial charge is 0.491 e. The van der Waals surface area contributed by atoms with Gasteiger partial charge in [0.15, 0.2) is 5.67 Å². The molecule has 2 N–H and O–H groups in total. The number of halogens is 1. The van der Waals surface area contributed by atoms with E-state index < -0.39 is 11.6 Å². The number of carbonyl (C=O) groups excluding carboxylic acids is 1. The minimum atomic E-state index is -1.72. The number of amides is 1. The molecule has 0 radical (unpaired) electrons. The second-order valence-electron chi connectivity index (χ2n) is 7.79. The molecule has 7 heteroatoms. The molecule has 2 fully saturated rings. The number of hydrogen-bond donors (Lipinski definition) is 2. The summed E-state index contributed by atoms with van der Waals surface area (Å²) in [6, 6.07) is 5.69. The number of benzene rings is 1. The van der Waals surface area contributed by atoms with Crippen molar-refractivity contribution in [3.05, 3.63) is 29.7 Å². The number of piperidine rings is 1. The van der Waals surface area contributed by atoms with Crippen LogP contribution in [0.3, 0.4) is 0 Å². The summed E-state index contributed by atoms with van der Waals surface area (Å²) < 4.78 is 25.5. The minimum Gasteiger partial charge on any atom is -0.491 e. The van der Waals surface area contributed by atoms with E-state index in [1.165, 1.54) is 12.8 Å². The Morgan fingerprint density at radius 1 is 1.39 bits per heavy atom. The lowest BCUT2D eigenvalue weighted by atomic mass is 10.0. The van der Waals surface area contributed by atoms with Crippen molar-refractivity contribution in [1.82, 2.24) is 10.5 Å². The summed E-state index contributed by atoms with van der Waals surface area (Å²) in [5.41, 5.74) is 1.18. The van der Waals surface area contributed by atoms with Crippen LogP contribution in [0, 0.1) is 13.8 Å². The molecule has 1 aliphatic carbocycles. The Bertz CT molecular complexity index is 850. The zero-order valence-corrected chi connectivity index (χ0v) is 16.3. The first-order chi connectivity index (χ1) is 13.5. The number of aryl methyl sites for hydroxylation is 2. The van der Waals surface area contributed by atoms with E-state index in [1.807, 2.05) is 19.9 Å². The van der Waals surface area contributed by atoms with Gasteiger partial charge in [-0.15, -0.1) is 0 Å². The van der Waals surface area contributed by atoms with Gasteiger partial charge >= 0.3 is 0 Å². The Morgan fingerprint density at radius 3 is 2.86 bits per heavy atom. The average Bonchev–Trinajstić information content (AvgIpc) is 3.37. The second kappa shape index (κ2) is 7.54. The van der Waals surface area contributed by atoms with Crippen LogP contribution in [0.5, 0.6) is 5.75 Å². The third kappa shape index (κ3) is 3.90. The number of nitrogens with one attached hydrogen (secondary N) is 2. The molecule has 1 aliphatic heterocycles. The summed E-state index contributed by atoms with van der Waals surface area (Å²) in [6.07, 6.45) is 4.06. The number of anilines is 1. The molecule has 1 saturated heterocycles. The van der Waals surface area contributed by atoms with E-state index in [9.17, 15) is 9.18 Å². The fraction of sp³-hybridized carbons (Fsp3) is 0.524. The first kappa shape index (κ1) is 18.9. The topological polar surface area (TPSA) is 76.4 Å². The number of nitrogens with zero attached hydrogens (tertiary/aromatic N) is 1. The van der Waals surface area contributed by atoms with Gasteiger partial charge in [0.05, 0.1) is 11.3 Å². The molecular weight excluding hydrogens is 361 g/mol. The lowest BCUT2D eigenvalue weighted by Crippen LogP contribution is -2.38. The van der Waals surface area contributed by atoms with Gasteiger partial charge in [0.1, 0.15) is 18.1 Å². The SMILES string of the molecule is Cc1noc(C)c1-c1cc(NC(=O)C2(F)CC2)ccc1OC[C@H]1CCCCN1. The molecule has 1 aromatic carbocycles. The Kier molecular flexibility index (Phi) is 5.10. The van der Waals surface area contributed by atoms with Gasteiger partial charge in [0.2, 0.25) is 0 Å². The van der Waals surface area contributed by atoms with E-state index in [-0.39, 0.29) is 12.8 Å². The van der Waals surface area contributed by atoms with E-state index in [0.717, 1.165) is 29.8 Å². The van der Waals surface area contributed by atoms with Crippen molar-refractivity contribution in [2.45, 2.75) is 57.7 Å². The fourth-order valence-electron chi connectivity index (χ4n) is 3.63. The van der Waals surface area contributed by atoms with Gasteiger partial charge in [-0.25, -0.2) is 4.39 Å². The van der Waals surface area contributed by atoms with Gasteiger partial charge in [-0.2, -0.15) is 0 Å². The number of aromatic nitrogens is 1. The Hall–Kier alpha value is -2.41. The summed E-state index contributed by atoms with van der Waals surface area (Å²) in [4.78, 5) is 12.1. The van der Waals surface area contributed by atoms with Crippen molar-refractivity contribution in [3.8, 4) is 16.9 Å². The van der Waals surface area contributed by atoms with Gasteiger partial charge < -0.3 is 19.9 Å². The van der Waals surface area contributed by atoms with Crippen LogP contribution in [0.2, 0.25) is 0 Å². The highest BCUT2D eigenvalue weighted by molar-refractivity contribution is 6.00. The molecule has 1 amide bonds. The molecular formula is C21H26FN3O3. The van der Waals surface area contributed by atoms with E-state index in [0.29, 0.717) is 29.8 Å². The number of hydrogen-bond acceptors (Lipinski definition) is 5. The van der Waals surface area contributed by atoms with E-state index in [4.69, 9.17) is 9.26 Å². The predicted octanol–water partition coefficient (Wildman–Crippen LogP) is 3.92. The highest BCUT2D eigenvalue weighted by Crippen LogP contribution is 2.41. The average molecular weight is 387 g/mol. The van der Waals surface area contributed by atoms with Crippen LogP contribution >= 0.6 is 0 Å². The molecule has 4 rings (SSSR count). The summed E-state index contributed by atoms with van der Waals surface area (Å²) in [5, 5.41) is 10.2. The van der Waals surface area contributed by atoms with Crippen molar-refractivity contribution in [2.24, 2.45) is 0 Å². The smallest absolute Gasteiger partial charge is 0.262 e. The number of alkyl halides is 1. The molecule has 0 bridgehead atoms. The molecule has 0 spiro atoms. The van der Waals surface area contributed by atoms with Crippen molar-refractivity contribution in [1.29, 1.82) is 0 Å². The van der Waals surface area contributed by atoms with Crippen molar-refractivity contribution < 1.29 is 18.4 Å². The minimum absolute atomic E-state index is 0.283. The lowest BCUT2D eigenvalue weighted by molar-refractivity contribution is -0.122. The van der Waals surface area contributed by atoms with Crippen LogP contribution in [0.15, 0.2) is 22.7 Å². The molecule has 6 nitrogen and oxygen atoms in total. The molecule has 150 valence electrons. The Morgan fingerprint density at radius 2 is 2.21 bits per heavy atom. The van der Waals surface area contributed by atoms with Gasteiger partial charge in [-0.3, -0.25) is 4.79 Å². The van der Waals surface area contributed by atoms with Crippen molar-refractivity contribution in [2.75, 3.05) is 18.5 Å². The molecule has 1 aromatic heterocycles. The van der Waals surface area contributed by atoms with Crippen LogP contribution in [-0.2, 0) is 4.79 Å². The zero-order valence-electron chi connectivity index (χ0n) is 16.3. The highest BCUT2D eigenvalue weighted by atomic mass is 19.1. The van der Waals surface area contributed by atoms with Crippen molar-refractivity contribution in [3.63, 3.8) is 0 Å². The third-order valence-electron chi connectivity index (χ3n) is 5.49. The maximum atomic E-state index is 14.0. The van der Waals surface area contributed by atoms with Crippen LogP contribution in [0.1, 0.15) is 43.6 Å². The van der Waals surface area contributed by atoms with Gasteiger partial charge in [0, 0.05) is 17.3 Å². The summed E-state index contributed by atoms with van der Waals surface area (Å²) in [6.45, 7) is 5.29. The first-order valence-electron chi connectivity index (χ1n) is 9.90. The maximum Gasteiger partial charge on any atom is 0.262 e. The van der Waals surface area contributed by atoms with E-state index in [2.05, 4.69) is 15.8 Å². The predicted molar refractivity (Wildman–Crippen MR) is 104 cm³/mol. The fourth-order valence-corrected chi connectivity index (χ4v) is 3.63. The third-order valence-corrected chi connectivity index (χ3v) is 5.49. The lowest BCUT2D eigenvalue weighted by Gasteiger charge is -2.24. The number of ether oxygens (including phenoxy) is 1. The quantitative estimate of drug-likeness (QED) is 0.786. The molecule has 1 saturated carbocycles. The summed E-state index contributed by atoms with van der Waals surface area (Å²) >= 11 is 0. The molecule has 2 heterocycles. The standard InChI is InChI=1S/C21H26FN3O3/c1-13-19(14(2)28-25-13)17-11-15(24-20(26)21(22)8-9-21)6-7-18(17)27-12-16-5-3-4-10-23-16/h6-7,11,16,23H,3-5,8-10,12H2,1-2H3,(H,24,26)/t16-/m1/s1. The number of carbonyl (C=O) groups is 1. The highest BCUT2D eigenvalue weighted by Gasteiger charge is 2.50. The normalized spacial score (nSPS) is 20.6. The van der Waals surface area contributed by atoms with Crippen molar-refractivity contribution >= 4 is 11.6 Å². The van der Waals surface area contributed by atoms with Crippen LogP contribution in [0.4, 0.5) is 10.1 Å². The van der Waals surface area contributed by atoms with E-state index >= 15 is 0 Å². The summed E-state index contributed by atoms with van der Waals surface area (Å²) in [5.74, 6) is 0.782. The van der Waals surface area contributed by atoms with Gasteiger partial charge in [0.25, 0.3) is 5.91 Å². The zero-order chi connectivity index (χ0) is 19.7. The molecule has 0 unspecified atom stereocenters. The Balaban J connectivity index is 1.60. The first-order valence-corrected chi connectivity index (χ1v) is 9.90. The number of rotatable bonds is 6.